The zero-order chi connectivity index (χ0) is 26.9. The summed E-state index contributed by atoms with van der Waals surface area (Å²) in [5.41, 5.74) is 14.9. The van der Waals surface area contributed by atoms with Crippen LogP contribution in [-0.2, 0) is 23.1 Å². The number of hydrogen-bond acceptors (Lipinski definition) is 4. The van der Waals surface area contributed by atoms with Crippen LogP contribution < -0.4 is 5.73 Å². The number of piperidine rings is 1. The average molecular weight is 532 g/mol. The molecule has 1 unspecified atom stereocenters. The molecule has 1 aromatic heterocycles. The topological polar surface area (TPSA) is 79.5 Å². The number of carboxylic acids is 1. The second kappa shape index (κ2) is 11.1. The van der Waals surface area contributed by atoms with Gasteiger partial charge in [0, 0.05) is 35.9 Å². The molecule has 3 N–H and O–H groups in total. The smallest absolute Gasteiger partial charge is 0.313 e. The summed E-state index contributed by atoms with van der Waals surface area (Å²) in [4.78, 5) is 19.0. The molecule has 0 bridgehead atoms. The number of aryl methyl sites for hydroxylation is 2. The van der Waals surface area contributed by atoms with Crippen LogP contribution in [0.5, 0.6) is 0 Å². The predicted molar refractivity (Wildman–Crippen MR) is 155 cm³/mol. The zero-order valence-electron chi connectivity index (χ0n) is 22.5. The van der Waals surface area contributed by atoms with Crippen molar-refractivity contribution < 1.29 is 9.90 Å². The number of benzene rings is 1. The van der Waals surface area contributed by atoms with Gasteiger partial charge >= 0.3 is 5.97 Å². The highest BCUT2D eigenvalue weighted by Gasteiger charge is 2.32. The summed E-state index contributed by atoms with van der Waals surface area (Å²) in [6.07, 6.45) is 13.4. The lowest BCUT2D eigenvalue weighted by Crippen LogP contribution is -2.32. The summed E-state index contributed by atoms with van der Waals surface area (Å²) < 4.78 is 0. The number of nitrogens with two attached hydrogens (primary N) is 1. The Labute approximate surface area is 231 Å². The highest BCUT2D eigenvalue weighted by Crippen LogP contribution is 2.45. The Morgan fingerprint density at radius 3 is 2.71 bits per heavy atom. The fourth-order valence-corrected chi connectivity index (χ4v) is 6.38. The number of halogens is 1. The van der Waals surface area contributed by atoms with E-state index in [4.69, 9.17) is 22.3 Å². The van der Waals surface area contributed by atoms with E-state index in [1.165, 1.54) is 22.4 Å². The van der Waals surface area contributed by atoms with Crippen LogP contribution in [0.1, 0.15) is 68.3 Å². The molecule has 5 nitrogen and oxygen atoms in total. The Morgan fingerprint density at radius 2 is 1.97 bits per heavy atom. The van der Waals surface area contributed by atoms with E-state index in [0.29, 0.717) is 11.6 Å². The molecule has 0 radical (unpaired) electrons. The van der Waals surface area contributed by atoms with Gasteiger partial charge in [0.05, 0.1) is 11.1 Å². The quantitative estimate of drug-likeness (QED) is 0.414. The van der Waals surface area contributed by atoms with E-state index < -0.39 is 11.4 Å². The molecule has 5 rings (SSSR count). The Morgan fingerprint density at radius 1 is 1.18 bits per heavy atom. The lowest BCUT2D eigenvalue weighted by atomic mass is 9.79. The molecular formula is C32H38ClN3O2. The number of aromatic nitrogens is 1. The summed E-state index contributed by atoms with van der Waals surface area (Å²) in [6.45, 7) is 6.58. The number of nitrogen functional groups attached to an aromatic ring is 1. The van der Waals surface area contributed by atoms with Crippen molar-refractivity contribution in [2.24, 2.45) is 5.92 Å². The van der Waals surface area contributed by atoms with Crippen LogP contribution in [0.3, 0.4) is 0 Å². The van der Waals surface area contributed by atoms with Gasteiger partial charge in [0.1, 0.15) is 0 Å². The number of likely N-dealkylation sites (tertiary alicyclic amines) is 1. The number of nitrogens with zero attached hydrogens (tertiary/aromatic N) is 2. The summed E-state index contributed by atoms with van der Waals surface area (Å²) in [5, 5.41) is 10.4. The van der Waals surface area contributed by atoms with Crippen LogP contribution in [0.15, 0.2) is 64.9 Å². The summed E-state index contributed by atoms with van der Waals surface area (Å²) in [7, 11) is 0. The van der Waals surface area contributed by atoms with Gasteiger partial charge in [-0.25, -0.2) is 0 Å². The van der Waals surface area contributed by atoms with Crippen molar-refractivity contribution in [2.45, 2.75) is 64.2 Å². The molecule has 1 aliphatic heterocycles. The van der Waals surface area contributed by atoms with Crippen LogP contribution >= 0.6 is 11.6 Å². The average Bonchev–Trinajstić information content (AvgIpc) is 3.06. The molecule has 1 aromatic carbocycles. The van der Waals surface area contributed by atoms with Gasteiger partial charge < -0.3 is 15.7 Å². The van der Waals surface area contributed by atoms with Gasteiger partial charge in [-0.1, -0.05) is 47.0 Å². The molecule has 2 aliphatic carbocycles. The molecule has 2 aromatic rings. The summed E-state index contributed by atoms with van der Waals surface area (Å²) in [5.74, 6) is -0.449. The number of fused-ring (bicyclic) bond motifs is 2. The van der Waals surface area contributed by atoms with Crippen molar-refractivity contribution in [1.82, 2.24) is 9.88 Å². The number of carbonyl (C=O) groups is 1. The number of anilines is 1. The molecule has 3 aliphatic rings. The fourth-order valence-electron chi connectivity index (χ4n) is 6.15. The summed E-state index contributed by atoms with van der Waals surface area (Å²) in [6, 6.07) is 10.0. The number of aliphatic carboxylic acids is 1. The summed E-state index contributed by atoms with van der Waals surface area (Å²) >= 11 is 6.41. The minimum atomic E-state index is -0.948. The second-order valence-corrected chi connectivity index (χ2v) is 11.9. The second-order valence-electron chi connectivity index (χ2n) is 11.4. The lowest BCUT2D eigenvalue weighted by Gasteiger charge is -2.32. The van der Waals surface area contributed by atoms with Gasteiger partial charge in [0.2, 0.25) is 0 Å². The minimum absolute atomic E-state index is 0.396. The molecule has 38 heavy (non-hydrogen) atoms. The largest absolute Gasteiger partial charge is 0.481 e. The number of rotatable bonds is 6. The predicted octanol–water partition coefficient (Wildman–Crippen LogP) is 6.52. The number of pyridine rings is 1. The number of carboxylic acid groups (broad SMARTS) is 1. The van der Waals surface area contributed by atoms with Crippen LogP contribution in [0.4, 0.5) is 5.69 Å². The normalized spacial score (nSPS) is 20.2. The molecule has 6 heteroatoms. The van der Waals surface area contributed by atoms with Crippen molar-refractivity contribution >= 4 is 28.8 Å². The Balaban J connectivity index is 1.24. The van der Waals surface area contributed by atoms with Crippen molar-refractivity contribution in [1.29, 1.82) is 0 Å². The SMILES string of the molecule is CC(C)(C(=O)O)c1ccc(CCCN2CCC(=C3c4ncccc4CCC4=CC(Cl)=CCC43)CC2)c(N)c1. The highest BCUT2D eigenvalue weighted by molar-refractivity contribution is 6.31. The third kappa shape index (κ3) is 5.45. The van der Waals surface area contributed by atoms with Gasteiger partial charge in [-0.2, -0.15) is 0 Å². The lowest BCUT2D eigenvalue weighted by molar-refractivity contribution is -0.142. The molecule has 200 valence electrons. The third-order valence-corrected chi connectivity index (χ3v) is 8.92. The van der Waals surface area contributed by atoms with E-state index in [2.05, 4.69) is 29.2 Å². The zero-order valence-corrected chi connectivity index (χ0v) is 23.2. The first-order chi connectivity index (χ1) is 18.2. The molecule has 1 fully saturated rings. The van der Waals surface area contributed by atoms with Gasteiger partial charge in [0.25, 0.3) is 0 Å². The van der Waals surface area contributed by atoms with Crippen molar-refractivity contribution in [3.05, 3.63) is 87.2 Å². The maximum Gasteiger partial charge on any atom is 0.313 e. The first-order valence-electron chi connectivity index (χ1n) is 13.8. The molecule has 2 heterocycles. The van der Waals surface area contributed by atoms with Crippen LogP contribution in [0.25, 0.3) is 5.57 Å². The van der Waals surface area contributed by atoms with Gasteiger partial charge in [-0.05, 0) is 106 Å². The first kappa shape index (κ1) is 26.7. The van der Waals surface area contributed by atoms with Gasteiger partial charge in [-0.3, -0.25) is 9.78 Å². The van der Waals surface area contributed by atoms with E-state index >= 15 is 0 Å². The van der Waals surface area contributed by atoms with Crippen molar-refractivity contribution in [3.63, 3.8) is 0 Å². The molecule has 0 spiro atoms. The maximum absolute atomic E-state index is 11.6. The van der Waals surface area contributed by atoms with Crippen LogP contribution in [0.2, 0.25) is 0 Å². The molecular weight excluding hydrogens is 494 g/mol. The monoisotopic (exact) mass is 531 g/mol. The van der Waals surface area contributed by atoms with Gasteiger partial charge in [0.15, 0.2) is 0 Å². The molecule has 1 saturated heterocycles. The standard InChI is InChI=1S/C32H38ClN3O2/c1-32(2,31(37)38)25-10-9-21(28(34)20-25)6-4-16-36-17-13-22(14-18-36)29-27-12-11-26(33)19-24(27)8-7-23-5-3-15-35-30(23)29/h3,5,9-11,15,19-20,27H,4,6-8,12-14,16-18,34H2,1-2H3,(H,37,38). The van der Waals surface area contributed by atoms with E-state index in [0.717, 1.165) is 80.7 Å². The minimum Gasteiger partial charge on any atom is -0.481 e. The molecule has 0 saturated carbocycles. The van der Waals surface area contributed by atoms with E-state index in [1.54, 1.807) is 19.4 Å². The van der Waals surface area contributed by atoms with Crippen molar-refractivity contribution in [3.8, 4) is 0 Å². The number of hydrogen-bond donors (Lipinski definition) is 2. The molecule has 1 atom stereocenters. The first-order valence-corrected chi connectivity index (χ1v) is 14.2. The number of allylic oxidation sites excluding steroid dienone is 5. The van der Waals surface area contributed by atoms with E-state index in [1.807, 2.05) is 24.4 Å². The van der Waals surface area contributed by atoms with Crippen LogP contribution in [-0.4, -0.2) is 40.6 Å². The Hall–Kier alpha value is -2.89. The Kier molecular flexibility index (Phi) is 7.78. The molecule has 0 amide bonds. The maximum atomic E-state index is 11.6. The highest BCUT2D eigenvalue weighted by atomic mass is 35.5. The third-order valence-electron chi connectivity index (χ3n) is 8.66. The van der Waals surface area contributed by atoms with Gasteiger partial charge in [-0.15, -0.1) is 0 Å². The Bertz CT molecular complexity index is 1310. The van der Waals surface area contributed by atoms with Crippen molar-refractivity contribution in [2.75, 3.05) is 25.4 Å². The van der Waals surface area contributed by atoms with E-state index in [-0.39, 0.29) is 0 Å². The van der Waals surface area contributed by atoms with Crippen LogP contribution in [0, 0.1) is 5.92 Å². The van der Waals surface area contributed by atoms with E-state index in [9.17, 15) is 9.90 Å². The fraction of sp³-hybridized carbons (Fsp3) is 0.438.